The van der Waals surface area contributed by atoms with Crippen molar-refractivity contribution in [2.45, 2.75) is 18.9 Å². The lowest BCUT2D eigenvalue weighted by Gasteiger charge is -2.23. The summed E-state index contributed by atoms with van der Waals surface area (Å²) in [5, 5.41) is 2.01. The molecule has 0 aromatic carbocycles. The molecule has 1 amide bonds. The molecule has 1 fully saturated rings. The molecule has 0 aliphatic carbocycles. The Kier molecular flexibility index (Phi) is 4.71. The van der Waals surface area contributed by atoms with Gasteiger partial charge in [-0.25, -0.2) is 4.98 Å². The van der Waals surface area contributed by atoms with Crippen LogP contribution < -0.4 is 4.90 Å². The first-order valence-electron chi connectivity index (χ1n) is 7.66. The number of likely N-dealkylation sites (tertiary alicyclic amines) is 1. The molecule has 0 N–H and O–H groups in total. The molecule has 0 spiro atoms. The molecule has 0 saturated carbocycles. The number of anilines is 1. The van der Waals surface area contributed by atoms with E-state index in [2.05, 4.69) is 9.97 Å². The minimum Gasteiger partial charge on any atom is -0.361 e. The predicted octanol–water partition coefficient (Wildman–Crippen LogP) is 2.98. The average molecular weight is 328 g/mol. The van der Waals surface area contributed by atoms with Crippen molar-refractivity contribution in [3.63, 3.8) is 0 Å². The maximum absolute atomic E-state index is 12.5. The van der Waals surface area contributed by atoms with Gasteiger partial charge in [0.1, 0.15) is 5.82 Å². The number of aromatic nitrogens is 2. The Bertz CT molecular complexity index is 696. The van der Waals surface area contributed by atoms with E-state index >= 15 is 0 Å². The van der Waals surface area contributed by atoms with Crippen molar-refractivity contribution in [2.24, 2.45) is 0 Å². The Balaban J connectivity index is 1.77. The summed E-state index contributed by atoms with van der Waals surface area (Å²) in [6.45, 7) is 0.770. The van der Waals surface area contributed by atoms with Crippen LogP contribution >= 0.6 is 11.3 Å². The molecule has 6 heteroatoms. The minimum absolute atomic E-state index is 0.0166. The maximum atomic E-state index is 12.5. The van der Waals surface area contributed by atoms with Gasteiger partial charge in [0, 0.05) is 31.6 Å². The zero-order valence-electron chi connectivity index (χ0n) is 13.3. The van der Waals surface area contributed by atoms with Crippen LogP contribution in [0.15, 0.2) is 36.0 Å². The molecule has 120 valence electrons. The van der Waals surface area contributed by atoms with Gasteiger partial charge in [-0.2, -0.15) is 0 Å². The number of carbonyl (C=O) groups excluding carboxylic acids is 1. The quantitative estimate of drug-likeness (QED) is 0.810. The van der Waals surface area contributed by atoms with Gasteiger partial charge in [0.25, 0.3) is 0 Å². The highest BCUT2D eigenvalue weighted by Crippen LogP contribution is 2.31. The van der Waals surface area contributed by atoms with Crippen LogP contribution in [-0.2, 0) is 4.79 Å². The molecule has 5 nitrogen and oxygen atoms in total. The van der Waals surface area contributed by atoms with Gasteiger partial charge in [-0.15, -0.1) is 11.3 Å². The van der Waals surface area contributed by atoms with Crippen molar-refractivity contribution in [3.8, 4) is 0 Å². The Labute approximate surface area is 140 Å². The van der Waals surface area contributed by atoms with Gasteiger partial charge >= 0.3 is 0 Å². The number of rotatable bonds is 4. The van der Waals surface area contributed by atoms with Crippen LogP contribution in [0.25, 0.3) is 6.08 Å². The average Bonchev–Trinajstić information content (AvgIpc) is 3.24. The minimum atomic E-state index is 0.0166. The van der Waals surface area contributed by atoms with Gasteiger partial charge in [-0.3, -0.25) is 9.78 Å². The van der Waals surface area contributed by atoms with Crippen molar-refractivity contribution in [1.29, 1.82) is 0 Å². The highest BCUT2D eigenvalue weighted by atomic mass is 32.1. The largest absolute Gasteiger partial charge is 0.361 e. The molecule has 2 aromatic heterocycles. The van der Waals surface area contributed by atoms with Crippen LogP contribution in [0.4, 0.5) is 5.82 Å². The maximum Gasteiger partial charge on any atom is 0.247 e. The van der Waals surface area contributed by atoms with Crippen molar-refractivity contribution >= 4 is 29.1 Å². The molecule has 3 rings (SSSR count). The molecule has 1 atom stereocenters. The van der Waals surface area contributed by atoms with Crippen molar-refractivity contribution < 1.29 is 4.79 Å². The SMILES string of the molecule is CN(C)c1cncc([C@@H]2CCCN2C(=O)/C=C/c2cccs2)n1. The van der Waals surface area contributed by atoms with E-state index < -0.39 is 0 Å². The van der Waals surface area contributed by atoms with Crippen LogP contribution in [0.3, 0.4) is 0 Å². The van der Waals surface area contributed by atoms with E-state index in [0.29, 0.717) is 0 Å². The third-order valence-electron chi connectivity index (χ3n) is 3.91. The van der Waals surface area contributed by atoms with Crippen LogP contribution in [0.2, 0.25) is 0 Å². The fourth-order valence-corrected chi connectivity index (χ4v) is 3.34. The second-order valence-electron chi connectivity index (χ2n) is 5.73. The van der Waals surface area contributed by atoms with Gasteiger partial charge in [0.05, 0.1) is 24.1 Å². The molecule has 1 aliphatic heterocycles. The van der Waals surface area contributed by atoms with Crippen LogP contribution in [0, 0.1) is 0 Å². The molecule has 3 heterocycles. The lowest BCUT2D eigenvalue weighted by Crippen LogP contribution is -2.29. The summed E-state index contributed by atoms with van der Waals surface area (Å²) in [6.07, 6.45) is 8.98. The summed E-state index contributed by atoms with van der Waals surface area (Å²) in [7, 11) is 3.88. The van der Waals surface area contributed by atoms with Gasteiger partial charge in [0.15, 0.2) is 0 Å². The molecule has 2 aromatic rings. The Morgan fingerprint density at radius 3 is 3.04 bits per heavy atom. The van der Waals surface area contributed by atoms with Gasteiger partial charge in [-0.05, 0) is 30.4 Å². The third-order valence-corrected chi connectivity index (χ3v) is 4.75. The van der Waals surface area contributed by atoms with E-state index in [1.54, 1.807) is 29.8 Å². The van der Waals surface area contributed by atoms with E-state index in [1.165, 1.54) is 0 Å². The second kappa shape index (κ2) is 6.91. The van der Waals surface area contributed by atoms with Gasteiger partial charge < -0.3 is 9.80 Å². The smallest absolute Gasteiger partial charge is 0.247 e. The predicted molar refractivity (Wildman–Crippen MR) is 93.4 cm³/mol. The first-order chi connectivity index (χ1) is 11.1. The molecular formula is C17H20N4OS. The summed E-state index contributed by atoms with van der Waals surface area (Å²) in [6, 6.07) is 4.00. The Morgan fingerprint density at radius 1 is 1.43 bits per heavy atom. The topological polar surface area (TPSA) is 49.3 Å². The highest BCUT2D eigenvalue weighted by molar-refractivity contribution is 7.10. The summed E-state index contributed by atoms with van der Waals surface area (Å²) < 4.78 is 0. The van der Waals surface area contributed by atoms with Crippen LogP contribution in [-0.4, -0.2) is 41.4 Å². The Hall–Kier alpha value is -2.21. The van der Waals surface area contributed by atoms with Crippen molar-refractivity contribution in [3.05, 3.63) is 46.6 Å². The number of hydrogen-bond acceptors (Lipinski definition) is 5. The molecule has 0 unspecified atom stereocenters. The summed E-state index contributed by atoms with van der Waals surface area (Å²) in [5.41, 5.74) is 0.867. The molecule has 0 radical (unpaired) electrons. The lowest BCUT2D eigenvalue weighted by atomic mass is 10.1. The van der Waals surface area contributed by atoms with Crippen molar-refractivity contribution in [1.82, 2.24) is 14.9 Å². The number of nitrogens with zero attached hydrogens (tertiary/aromatic N) is 4. The zero-order chi connectivity index (χ0) is 16.2. The number of carbonyl (C=O) groups is 1. The highest BCUT2D eigenvalue weighted by Gasteiger charge is 2.30. The first kappa shape index (κ1) is 15.7. The molecule has 1 aliphatic rings. The van der Waals surface area contributed by atoms with Crippen LogP contribution in [0.1, 0.15) is 29.5 Å². The Morgan fingerprint density at radius 2 is 2.30 bits per heavy atom. The number of hydrogen-bond donors (Lipinski definition) is 0. The standard InChI is InChI=1S/C17H20N4OS/c1-20(2)16-12-18-11-14(19-16)15-6-3-9-21(15)17(22)8-7-13-5-4-10-23-13/h4-5,7-8,10-12,15H,3,6,9H2,1-2H3/b8-7+/t15-/m0/s1. The third kappa shape index (κ3) is 3.59. The van der Waals surface area contributed by atoms with E-state index in [4.69, 9.17) is 0 Å². The number of amides is 1. The fraction of sp³-hybridized carbons (Fsp3) is 0.353. The van der Waals surface area contributed by atoms with E-state index in [9.17, 15) is 4.79 Å². The van der Waals surface area contributed by atoms with Crippen LogP contribution in [0.5, 0.6) is 0 Å². The van der Waals surface area contributed by atoms with E-state index in [0.717, 1.165) is 35.8 Å². The molecule has 0 bridgehead atoms. The normalized spacial score (nSPS) is 17.8. The summed E-state index contributed by atoms with van der Waals surface area (Å²) >= 11 is 1.62. The fourth-order valence-electron chi connectivity index (χ4n) is 2.72. The summed E-state index contributed by atoms with van der Waals surface area (Å²) in [4.78, 5) is 26.4. The van der Waals surface area contributed by atoms with E-state index in [-0.39, 0.29) is 11.9 Å². The first-order valence-corrected chi connectivity index (χ1v) is 8.54. The lowest BCUT2D eigenvalue weighted by molar-refractivity contribution is -0.126. The van der Waals surface area contributed by atoms with Crippen molar-refractivity contribution in [2.75, 3.05) is 25.5 Å². The van der Waals surface area contributed by atoms with Gasteiger partial charge in [-0.1, -0.05) is 6.07 Å². The molecule has 23 heavy (non-hydrogen) atoms. The summed E-state index contributed by atoms with van der Waals surface area (Å²) in [5.74, 6) is 0.855. The molecular weight excluding hydrogens is 308 g/mol. The van der Waals surface area contributed by atoms with E-state index in [1.807, 2.05) is 47.5 Å². The number of thiophene rings is 1. The zero-order valence-corrected chi connectivity index (χ0v) is 14.2. The van der Waals surface area contributed by atoms with Gasteiger partial charge in [0.2, 0.25) is 5.91 Å². The monoisotopic (exact) mass is 328 g/mol. The second-order valence-corrected chi connectivity index (χ2v) is 6.71. The molecule has 1 saturated heterocycles.